The summed E-state index contributed by atoms with van der Waals surface area (Å²) in [6.45, 7) is 5.78. The van der Waals surface area contributed by atoms with Crippen molar-refractivity contribution in [2.24, 2.45) is 5.92 Å². The lowest BCUT2D eigenvalue weighted by Gasteiger charge is -2.32. The molecule has 0 atom stereocenters. The van der Waals surface area contributed by atoms with Crippen molar-refractivity contribution in [3.8, 4) is 0 Å². The normalized spacial score (nSPS) is 18.9. The molecule has 1 N–H and O–H groups in total. The van der Waals surface area contributed by atoms with Crippen molar-refractivity contribution in [2.75, 3.05) is 26.2 Å². The van der Waals surface area contributed by atoms with Gasteiger partial charge in [0.2, 0.25) is 0 Å². The van der Waals surface area contributed by atoms with Crippen LogP contribution in [0.5, 0.6) is 0 Å². The van der Waals surface area contributed by atoms with E-state index in [1.165, 1.54) is 4.90 Å². The van der Waals surface area contributed by atoms with Crippen molar-refractivity contribution in [1.29, 1.82) is 0 Å². The predicted molar refractivity (Wildman–Crippen MR) is 69.5 cm³/mol. The van der Waals surface area contributed by atoms with Crippen molar-refractivity contribution in [3.63, 3.8) is 0 Å². The Labute approximate surface area is 117 Å². The maximum atomic E-state index is 12.2. The molecule has 0 aliphatic carbocycles. The number of nitrogens with zero attached hydrogens (tertiary/aromatic N) is 1. The Morgan fingerprint density at radius 3 is 2.25 bits per heavy atom. The number of piperidine rings is 1. The van der Waals surface area contributed by atoms with E-state index in [4.69, 9.17) is 4.74 Å². The minimum absolute atomic E-state index is 0.215. The smallest absolute Gasteiger partial charge is 0.407 e. The number of amides is 1. The summed E-state index contributed by atoms with van der Waals surface area (Å²) in [7, 11) is 0. The van der Waals surface area contributed by atoms with E-state index in [1.807, 2.05) is 0 Å². The average Bonchev–Trinajstić information content (AvgIpc) is 2.23. The van der Waals surface area contributed by atoms with Crippen molar-refractivity contribution in [3.05, 3.63) is 0 Å². The Kier molecular flexibility index (Phi) is 5.68. The molecule has 0 unspecified atom stereocenters. The highest BCUT2D eigenvalue weighted by Crippen LogP contribution is 2.22. The number of alkyl carbamates (subject to hydrolysis) is 1. The summed E-state index contributed by atoms with van der Waals surface area (Å²) >= 11 is 0. The highest BCUT2D eigenvalue weighted by molar-refractivity contribution is 5.67. The molecule has 0 saturated carbocycles. The Bertz CT molecular complexity index is 319. The maximum Gasteiger partial charge on any atom is 0.407 e. The monoisotopic (exact) mass is 296 g/mol. The molecule has 4 nitrogen and oxygen atoms in total. The van der Waals surface area contributed by atoms with Crippen molar-refractivity contribution in [1.82, 2.24) is 10.2 Å². The number of alkyl halides is 3. The van der Waals surface area contributed by atoms with Gasteiger partial charge in [-0.2, -0.15) is 13.2 Å². The Hall–Kier alpha value is -0.980. The molecule has 118 valence electrons. The molecule has 0 aromatic carbocycles. The molecule has 0 aromatic heterocycles. The number of nitrogens with one attached hydrogen (secondary N) is 1. The van der Waals surface area contributed by atoms with Crippen molar-refractivity contribution >= 4 is 6.09 Å². The van der Waals surface area contributed by atoms with Crippen LogP contribution in [-0.4, -0.2) is 48.9 Å². The summed E-state index contributed by atoms with van der Waals surface area (Å²) in [6.07, 6.45) is -3.30. The lowest BCUT2D eigenvalue weighted by molar-refractivity contribution is -0.148. The number of hydrogen-bond acceptors (Lipinski definition) is 3. The van der Waals surface area contributed by atoms with Crippen molar-refractivity contribution in [2.45, 2.75) is 45.4 Å². The third-order valence-corrected chi connectivity index (χ3v) is 3.04. The first-order chi connectivity index (χ1) is 9.05. The molecule has 1 fully saturated rings. The highest BCUT2D eigenvalue weighted by Gasteiger charge is 2.32. The second-order valence-corrected chi connectivity index (χ2v) is 6.22. The molecule has 1 rings (SSSR count). The molecule has 1 amide bonds. The SMILES string of the molecule is CC(C)(C)OC(=O)NCC1CCN(CC(F)(F)F)CC1. The van der Waals surface area contributed by atoms with Crippen LogP contribution in [0, 0.1) is 5.92 Å². The molecule has 0 bridgehead atoms. The first-order valence-electron chi connectivity index (χ1n) is 6.81. The zero-order chi connectivity index (χ0) is 15.4. The average molecular weight is 296 g/mol. The van der Waals surface area contributed by atoms with E-state index >= 15 is 0 Å². The van der Waals surface area contributed by atoms with Gasteiger partial charge in [0.25, 0.3) is 0 Å². The van der Waals surface area contributed by atoms with Gasteiger partial charge >= 0.3 is 12.3 Å². The van der Waals surface area contributed by atoms with E-state index in [9.17, 15) is 18.0 Å². The van der Waals surface area contributed by atoms with E-state index in [1.54, 1.807) is 20.8 Å². The highest BCUT2D eigenvalue weighted by atomic mass is 19.4. The van der Waals surface area contributed by atoms with E-state index in [0.717, 1.165) is 0 Å². The van der Waals surface area contributed by atoms with Crippen LogP contribution in [0.25, 0.3) is 0 Å². The number of rotatable bonds is 3. The topological polar surface area (TPSA) is 41.6 Å². The summed E-state index contributed by atoms with van der Waals surface area (Å²) in [5.41, 5.74) is -0.542. The third-order valence-electron chi connectivity index (χ3n) is 3.04. The molecular weight excluding hydrogens is 273 g/mol. The van der Waals surface area contributed by atoms with Crippen LogP contribution < -0.4 is 5.32 Å². The van der Waals surface area contributed by atoms with Gasteiger partial charge in [-0.1, -0.05) is 0 Å². The number of hydrogen-bond donors (Lipinski definition) is 1. The van der Waals surface area contributed by atoms with E-state index in [2.05, 4.69) is 5.32 Å². The molecule has 1 aliphatic heterocycles. The number of halogens is 3. The standard InChI is InChI=1S/C13H23F3N2O2/c1-12(2,3)20-11(19)17-8-10-4-6-18(7-5-10)9-13(14,15)16/h10H,4-9H2,1-3H3,(H,17,19). The van der Waals surface area contributed by atoms with Crippen LogP contribution in [0.2, 0.25) is 0 Å². The van der Waals surface area contributed by atoms with Crippen LogP contribution in [0.1, 0.15) is 33.6 Å². The Morgan fingerprint density at radius 2 is 1.80 bits per heavy atom. The molecule has 1 saturated heterocycles. The fourth-order valence-electron chi connectivity index (χ4n) is 2.14. The fourth-order valence-corrected chi connectivity index (χ4v) is 2.14. The predicted octanol–water partition coefficient (Wildman–Crippen LogP) is 2.79. The van der Waals surface area contributed by atoms with Gasteiger partial charge < -0.3 is 10.1 Å². The van der Waals surface area contributed by atoms with Gasteiger partial charge in [0.15, 0.2) is 0 Å². The zero-order valence-corrected chi connectivity index (χ0v) is 12.2. The molecule has 20 heavy (non-hydrogen) atoms. The molecule has 1 heterocycles. The summed E-state index contributed by atoms with van der Waals surface area (Å²) < 4.78 is 41.8. The van der Waals surface area contributed by atoms with Crippen molar-refractivity contribution < 1.29 is 22.7 Å². The number of carbonyl (C=O) groups excluding carboxylic acids is 1. The Morgan fingerprint density at radius 1 is 1.25 bits per heavy atom. The van der Waals surface area contributed by atoms with E-state index in [-0.39, 0.29) is 5.92 Å². The van der Waals surface area contributed by atoms with E-state index in [0.29, 0.717) is 32.5 Å². The van der Waals surface area contributed by atoms with Gasteiger partial charge in [-0.05, 0) is 52.6 Å². The minimum Gasteiger partial charge on any atom is -0.444 e. The summed E-state index contributed by atoms with van der Waals surface area (Å²) in [4.78, 5) is 12.9. The largest absolute Gasteiger partial charge is 0.444 e. The first kappa shape index (κ1) is 17.1. The van der Waals surface area contributed by atoms with Gasteiger partial charge in [0.05, 0.1) is 6.54 Å². The quantitative estimate of drug-likeness (QED) is 0.870. The number of likely N-dealkylation sites (tertiary alicyclic amines) is 1. The lowest BCUT2D eigenvalue weighted by atomic mass is 9.97. The van der Waals surface area contributed by atoms with Crippen LogP contribution in [0.15, 0.2) is 0 Å². The Balaban J connectivity index is 2.21. The summed E-state index contributed by atoms with van der Waals surface area (Å²) in [5.74, 6) is 0.215. The van der Waals surface area contributed by atoms with Gasteiger partial charge in [-0.15, -0.1) is 0 Å². The van der Waals surface area contributed by atoms with Crippen LogP contribution in [0.3, 0.4) is 0 Å². The molecule has 7 heteroatoms. The summed E-state index contributed by atoms with van der Waals surface area (Å²) in [6, 6.07) is 0. The van der Waals surface area contributed by atoms with Gasteiger partial charge in [0, 0.05) is 6.54 Å². The third kappa shape index (κ3) is 7.57. The first-order valence-corrected chi connectivity index (χ1v) is 6.81. The van der Waals surface area contributed by atoms with Gasteiger partial charge in [-0.25, -0.2) is 4.79 Å². The number of carbonyl (C=O) groups is 1. The molecule has 1 aliphatic rings. The minimum atomic E-state index is -4.14. The molecule has 0 aromatic rings. The summed E-state index contributed by atoms with van der Waals surface area (Å²) in [5, 5.41) is 2.67. The lowest BCUT2D eigenvalue weighted by Crippen LogP contribution is -2.43. The number of ether oxygens (including phenoxy) is 1. The molecule has 0 radical (unpaired) electrons. The second-order valence-electron chi connectivity index (χ2n) is 6.22. The second kappa shape index (κ2) is 6.65. The van der Waals surface area contributed by atoms with Crippen LogP contribution in [0.4, 0.5) is 18.0 Å². The molecular formula is C13H23F3N2O2. The van der Waals surface area contributed by atoms with E-state index < -0.39 is 24.4 Å². The van der Waals surface area contributed by atoms with Crippen LogP contribution in [-0.2, 0) is 4.74 Å². The maximum absolute atomic E-state index is 12.2. The molecule has 0 spiro atoms. The van der Waals surface area contributed by atoms with Gasteiger partial charge in [-0.3, -0.25) is 4.90 Å². The van der Waals surface area contributed by atoms with Gasteiger partial charge in [0.1, 0.15) is 5.60 Å². The zero-order valence-electron chi connectivity index (χ0n) is 12.2. The fraction of sp³-hybridized carbons (Fsp3) is 0.923. The van der Waals surface area contributed by atoms with Crippen LogP contribution >= 0.6 is 0 Å².